The summed E-state index contributed by atoms with van der Waals surface area (Å²) in [4.78, 5) is 18.3. The Morgan fingerprint density at radius 2 is 1.85 bits per heavy atom. The van der Waals surface area contributed by atoms with Gasteiger partial charge in [-0.15, -0.1) is 0 Å². The fourth-order valence-corrected chi connectivity index (χ4v) is 0.589. The number of isocyanates is 1. The SMILES string of the molecule is N=C=O.O=C(O)Oc1ccccc1. The second-order valence-electron chi connectivity index (χ2n) is 1.78. The van der Waals surface area contributed by atoms with E-state index < -0.39 is 6.16 Å². The first-order valence-electron chi connectivity index (χ1n) is 3.20. The van der Waals surface area contributed by atoms with Crippen LogP contribution in [0.1, 0.15) is 0 Å². The van der Waals surface area contributed by atoms with E-state index in [9.17, 15) is 4.79 Å². The zero-order chi connectivity index (χ0) is 10.1. The topological polar surface area (TPSA) is 87.5 Å². The monoisotopic (exact) mass is 181 g/mol. The van der Waals surface area contributed by atoms with Gasteiger partial charge in [-0.1, -0.05) is 18.2 Å². The van der Waals surface area contributed by atoms with Crippen molar-refractivity contribution in [2.45, 2.75) is 0 Å². The van der Waals surface area contributed by atoms with Gasteiger partial charge in [0.25, 0.3) is 0 Å². The number of nitrogens with one attached hydrogen (secondary N) is 1. The number of hydrogen-bond donors (Lipinski definition) is 2. The molecule has 0 aliphatic carbocycles. The summed E-state index contributed by atoms with van der Waals surface area (Å²) < 4.78 is 4.33. The Morgan fingerprint density at radius 1 is 1.38 bits per heavy atom. The highest BCUT2D eigenvalue weighted by molar-refractivity contribution is 5.60. The van der Waals surface area contributed by atoms with Gasteiger partial charge in [0.2, 0.25) is 6.08 Å². The van der Waals surface area contributed by atoms with Crippen LogP contribution in [0.4, 0.5) is 4.79 Å². The van der Waals surface area contributed by atoms with Crippen molar-refractivity contribution in [3.05, 3.63) is 30.3 Å². The zero-order valence-electron chi connectivity index (χ0n) is 6.56. The van der Waals surface area contributed by atoms with Crippen LogP contribution < -0.4 is 4.74 Å². The largest absolute Gasteiger partial charge is 0.511 e. The van der Waals surface area contributed by atoms with Gasteiger partial charge in [-0.25, -0.2) is 15.0 Å². The van der Waals surface area contributed by atoms with Crippen molar-refractivity contribution in [2.24, 2.45) is 0 Å². The van der Waals surface area contributed by atoms with Gasteiger partial charge >= 0.3 is 6.16 Å². The minimum Gasteiger partial charge on any atom is -0.449 e. The van der Waals surface area contributed by atoms with Gasteiger partial charge in [0.1, 0.15) is 5.75 Å². The molecule has 13 heavy (non-hydrogen) atoms. The summed E-state index contributed by atoms with van der Waals surface area (Å²) in [5.41, 5.74) is 0. The van der Waals surface area contributed by atoms with E-state index >= 15 is 0 Å². The van der Waals surface area contributed by atoms with E-state index in [4.69, 9.17) is 15.3 Å². The predicted molar refractivity (Wildman–Crippen MR) is 43.5 cm³/mol. The number of hydrogen-bond acceptors (Lipinski definition) is 4. The van der Waals surface area contributed by atoms with Gasteiger partial charge in [-0.2, -0.15) is 0 Å². The summed E-state index contributed by atoms with van der Waals surface area (Å²) in [5, 5.41) is 13.5. The molecule has 0 heterocycles. The van der Waals surface area contributed by atoms with Gasteiger partial charge in [-0.3, -0.25) is 0 Å². The Balaban J connectivity index is 0.000000424. The molecule has 0 atom stereocenters. The first kappa shape index (κ1) is 10.9. The molecule has 0 amide bonds. The predicted octanol–water partition coefficient (Wildman–Crippen LogP) is 1.64. The molecular weight excluding hydrogens is 174 g/mol. The molecule has 2 N–H and O–H groups in total. The maximum absolute atomic E-state index is 9.95. The van der Waals surface area contributed by atoms with Crippen molar-refractivity contribution < 1.29 is 19.4 Å². The van der Waals surface area contributed by atoms with Crippen LogP contribution in [0.5, 0.6) is 5.75 Å². The molecule has 1 rings (SSSR count). The summed E-state index contributed by atoms with van der Waals surface area (Å²) in [6.45, 7) is 0. The van der Waals surface area contributed by atoms with Crippen molar-refractivity contribution in [3.63, 3.8) is 0 Å². The van der Waals surface area contributed by atoms with E-state index in [0.29, 0.717) is 5.75 Å². The molecule has 1 aromatic rings. The molecule has 5 heteroatoms. The average molecular weight is 181 g/mol. The van der Waals surface area contributed by atoms with E-state index in [0.717, 1.165) is 6.08 Å². The van der Waals surface area contributed by atoms with E-state index in [2.05, 4.69) is 4.74 Å². The van der Waals surface area contributed by atoms with Crippen LogP contribution >= 0.6 is 0 Å². The summed E-state index contributed by atoms with van der Waals surface area (Å²) >= 11 is 0. The van der Waals surface area contributed by atoms with Crippen LogP contribution in [0.3, 0.4) is 0 Å². The van der Waals surface area contributed by atoms with Crippen molar-refractivity contribution in [1.29, 1.82) is 5.41 Å². The first-order chi connectivity index (χ1) is 6.20. The molecule has 0 aromatic heterocycles. The van der Waals surface area contributed by atoms with Crippen LogP contribution in [-0.4, -0.2) is 17.3 Å². The van der Waals surface area contributed by atoms with Crippen LogP contribution in [0.15, 0.2) is 30.3 Å². The van der Waals surface area contributed by atoms with Crippen molar-refractivity contribution in [3.8, 4) is 5.75 Å². The maximum atomic E-state index is 9.95. The molecule has 0 radical (unpaired) electrons. The molecule has 0 aliphatic heterocycles. The van der Waals surface area contributed by atoms with Crippen LogP contribution in [0, 0.1) is 5.41 Å². The maximum Gasteiger partial charge on any atom is 0.511 e. The Bertz CT molecular complexity index is 290. The van der Waals surface area contributed by atoms with E-state index in [-0.39, 0.29) is 0 Å². The van der Waals surface area contributed by atoms with E-state index in [1.807, 2.05) is 0 Å². The highest BCUT2D eigenvalue weighted by Crippen LogP contribution is 2.07. The lowest BCUT2D eigenvalue weighted by Gasteiger charge is -1.95. The van der Waals surface area contributed by atoms with Crippen molar-refractivity contribution in [1.82, 2.24) is 0 Å². The highest BCUT2D eigenvalue weighted by Gasteiger charge is 1.96. The lowest BCUT2D eigenvalue weighted by atomic mass is 10.3. The lowest BCUT2D eigenvalue weighted by molar-refractivity contribution is 0.144. The molecule has 0 fully saturated rings. The molecule has 1 aromatic carbocycles. The molecule has 68 valence electrons. The van der Waals surface area contributed by atoms with Crippen molar-refractivity contribution in [2.75, 3.05) is 0 Å². The van der Waals surface area contributed by atoms with Gasteiger partial charge in [-0.05, 0) is 12.1 Å². The third-order valence-electron chi connectivity index (χ3n) is 0.948. The van der Waals surface area contributed by atoms with Crippen LogP contribution in [-0.2, 0) is 4.79 Å². The third-order valence-corrected chi connectivity index (χ3v) is 0.948. The number of para-hydroxylation sites is 1. The molecule has 0 saturated heterocycles. The third kappa shape index (κ3) is 6.28. The smallest absolute Gasteiger partial charge is 0.449 e. The lowest BCUT2D eigenvalue weighted by Crippen LogP contribution is -2.02. The Hall–Kier alpha value is -2.13. The molecule has 0 saturated carbocycles. The number of ether oxygens (including phenoxy) is 1. The summed E-state index contributed by atoms with van der Waals surface area (Å²) in [7, 11) is 0. The fourth-order valence-electron chi connectivity index (χ4n) is 0.589. The Morgan fingerprint density at radius 3 is 2.23 bits per heavy atom. The number of carboxylic acid groups (broad SMARTS) is 1. The highest BCUT2D eigenvalue weighted by atomic mass is 16.7. The van der Waals surface area contributed by atoms with Gasteiger partial charge in [0.15, 0.2) is 0 Å². The first-order valence-corrected chi connectivity index (χ1v) is 3.20. The molecule has 0 bridgehead atoms. The molecule has 0 unspecified atom stereocenters. The number of carbonyl (C=O) groups excluding carboxylic acids is 1. The second kappa shape index (κ2) is 6.57. The quantitative estimate of drug-likeness (QED) is 0.298. The van der Waals surface area contributed by atoms with Crippen LogP contribution in [0.25, 0.3) is 0 Å². The number of rotatable bonds is 1. The normalized spacial score (nSPS) is 7.38. The van der Waals surface area contributed by atoms with E-state index in [1.165, 1.54) is 0 Å². The minimum absolute atomic E-state index is 0.343. The van der Waals surface area contributed by atoms with Crippen LogP contribution in [0.2, 0.25) is 0 Å². The van der Waals surface area contributed by atoms with E-state index in [1.54, 1.807) is 30.3 Å². The zero-order valence-corrected chi connectivity index (χ0v) is 6.56. The van der Waals surface area contributed by atoms with Gasteiger partial charge < -0.3 is 9.84 Å². The number of carbonyl (C=O) groups is 1. The summed E-state index contributed by atoms with van der Waals surface area (Å²) in [5.74, 6) is 0.343. The standard InChI is InChI=1S/C7H6O3.CHNO/c8-7(9)10-6-4-2-1-3-5-6;2-1-3/h1-5H,(H,8,9);2H. The van der Waals surface area contributed by atoms with Gasteiger partial charge in [0.05, 0.1) is 0 Å². The van der Waals surface area contributed by atoms with Gasteiger partial charge in [0, 0.05) is 0 Å². The Labute approximate surface area is 74.1 Å². The minimum atomic E-state index is -1.29. The number of benzene rings is 1. The average Bonchev–Trinajstić information content (AvgIpc) is 2.06. The fraction of sp³-hybridized carbons (Fsp3) is 0. The second-order valence-corrected chi connectivity index (χ2v) is 1.78. The molecule has 0 spiro atoms. The van der Waals surface area contributed by atoms with Crippen molar-refractivity contribution >= 4 is 12.2 Å². The Kier molecular flexibility index (Phi) is 5.50. The summed E-state index contributed by atoms with van der Waals surface area (Å²) in [6, 6.07) is 8.35. The summed E-state index contributed by atoms with van der Waals surface area (Å²) in [6.07, 6.45) is -0.536. The molecular formula is C8H7NO4. The molecule has 5 nitrogen and oxygen atoms in total. The molecule has 0 aliphatic rings.